The quantitative estimate of drug-likeness (QED) is 0.287. The van der Waals surface area contributed by atoms with E-state index in [1.807, 2.05) is 6.26 Å². The van der Waals surface area contributed by atoms with Crippen LogP contribution in [-0.2, 0) is 19.2 Å². The molecule has 1 saturated heterocycles. The predicted octanol–water partition coefficient (Wildman–Crippen LogP) is -1.49. The summed E-state index contributed by atoms with van der Waals surface area (Å²) < 4.78 is 0. The molecule has 5 atom stereocenters. The lowest BCUT2D eigenvalue weighted by molar-refractivity contribution is -0.145. The van der Waals surface area contributed by atoms with E-state index in [0.717, 1.165) is 0 Å². The monoisotopic (exact) mass is 418 g/mol. The van der Waals surface area contributed by atoms with Gasteiger partial charge in [0.05, 0.1) is 12.1 Å². The largest absolute Gasteiger partial charge is 0.480 e. The number of carboxylic acids is 1. The van der Waals surface area contributed by atoms with Gasteiger partial charge in [-0.2, -0.15) is 11.8 Å². The first kappa shape index (κ1) is 24.2. The molecule has 160 valence electrons. The number of nitrogens with zero attached hydrogens (tertiary/aromatic N) is 1. The summed E-state index contributed by atoms with van der Waals surface area (Å²) in [5, 5.41) is 23.8. The van der Waals surface area contributed by atoms with E-state index in [4.69, 9.17) is 10.8 Å². The molecule has 0 saturated carbocycles. The van der Waals surface area contributed by atoms with Crippen LogP contribution in [0.1, 0.15) is 33.1 Å². The van der Waals surface area contributed by atoms with Crippen molar-refractivity contribution in [1.82, 2.24) is 15.5 Å². The van der Waals surface area contributed by atoms with Gasteiger partial charge in [-0.3, -0.25) is 19.2 Å². The van der Waals surface area contributed by atoms with Crippen molar-refractivity contribution in [2.24, 2.45) is 5.73 Å². The van der Waals surface area contributed by atoms with Crippen molar-refractivity contribution < 1.29 is 29.4 Å². The van der Waals surface area contributed by atoms with Gasteiger partial charge < -0.3 is 31.5 Å². The van der Waals surface area contributed by atoms with Gasteiger partial charge in [0, 0.05) is 6.54 Å². The van der Waals surface area contributed by atoms with Crippen LogP contribution in [-0.4, -0.2) is 87.6 Å². The maximum Gasteiger partial charge on any atom is 0.325 e. The number of aliphatic hydroxyl groups is 1. The Morgan fingerprint density at radius 3 is 2.43 bits per heavy atom. The molecule has 0 aromatic heterocycles. The number of rotatable bonds is 10. The Morgan fingerprint density at radius 2 is 1.89 bits per heavy atom. The second kappa shape index (κ2) is 11.2. The van der Waals surface area contributed by atoms with E-state index in [1.165, 1.54) is 30.5 Å². The number of likely N-dealkylation sites (tertiary alicyclic amines) is 1. The van der Waals surface area contributed by atoms with Crippen LogP contribution in [0.3, 0.4) is 0 Å². The Balaban J connectivity index is 2.83. The lowest BCUT2D eigenvalue weighted by atomic mass is 10.1. The number of aliphatic carboxylic acids is 1. The van der Waals surface area contributed by atoms with E-state index in [2.05, 4.69) is 10.6 Å². The fourth-order valence-electron chi connectivity index (χ4n) is 2.88. The van der Waals surface area contributed by atoms with Gasteiger partial charge in [0.15, 0.2) is 0 Å². The van der Waals surface area contributed by atoms with E-state index >= 15 is 0 Å². The van der Waals surface area contributed by atoms with Crippen LogP contribution in [0, 0.1) is 0 Å². The Morgan fingerprint density at radius 1 is 1.25 bits per heavy atom. The second-order valence-corrected chi connectivity index (χ2v) is 7.86. The lowest BCUT2D eigenvalue weighted by Gasteiger charge is -2.30. The summed E-state index contributed by atoms with van der Waals surface area (Å²) in [6, 6.07) is -3.99. The number of carboxylic acid groups (broad SMARTS) is 1. The number of aliphatic hydroxyl groups excluding tert-OH is 1. The number of nitrogens with one attached hydrogen (secondary N) is 2. The zero-order chi connectivity index (χ0) is 21.4. The highest BCUT2D eigenvalue weighted by atomic mass is 32.2. The van der Waals surface area contributed by atoms with Crippen molar-refractivity contribution in [1.29, 1.82) is 0 Å². The summed E-state index contributed by atoms with van der Waals surface area (Å²) in [7, 11) is 0. The molecule has 10 nitrogen and oxygen atoms in total. The van der Waals surface area contributed by atoms with E-state index in [9.17, 15) is 24.3 Å². The average molecular weight is 419 g/mol. The van der Waals surface area contributed by atoms with Crippen LogP contribution in [0.5, 0.6) is 0 Å². The molecule has 6 N–H and O–H groups in total. The lowest BCUT2D eigenvalue weighted by Crippen LogP contribution is -2.59. The van der Waals surface area contributed by atoms with Crippen molar-refractivity contribution in [3.63, 3.8) is 0 Å². The van der Waals surface area contributed by atoms with Gasteiger partial charge in [-0.1, -0.05) is 0 Å². The molecule has 0 aliphatic carbocycles. The van der Waals surface area contributed by atoms with E-state index in [1.54, 1.807) is 0 Å². The molecule has 5 unspecified atom stereocenters. The summed E-state index contributed by atoms with van der Waals surface area (Å²) in [4.78, 5) is 49.7. The highest BCUT2D eigenvalue weighted by Gasteiger charge is 2.40. The number of thioether (sulfide) groups is 1. The standard InChI is InChI=1S/C17H30N4O6S/c1-9(17(26)27)19-15(24)12-5-4-7-21(12)16(25)13(10(2)22)20-14(23)11(18)6-8-28-3/h9-13,22H,4-8,18H2,1-3H3,(H,19,24)(H,20,23)(H,26,27). The first-order valence-electron chi connectivity index (χ1n) is 9.16. The minimum absolute atomic E-state index is 0.274. The fraction of sp³-hybridized carbons (Fsp3) is 0.765. The summed E-state index contributed by atoms with van der Waals surface area (Å²) in [6.45, 7) is 2.97. The highest BCUT2D eigenvalue weighted by Crippen LogP contribution is 2.19. The zero-order valence-electron chi connectivity index (χ0n) is 16.4. The highest BCUT2D eigenvalue weighted by molar-refractivity contribution is 7.98. The maximum atomic E-state index is 12.9. The zero-order valence-corrected chi connectivity index (χ0v) is 17.2. The van der Waals surface area contributed by atoms with Crippen molar-refractivity contribution in [2.45, 2.75) is 63.4 Å². The molecule has 0 radical (unpaired) electrons. The molecule has 0 spiro atoms. The molecule has 0 aromatic carbocycles. The summed E-state index contributed by atoms with van der Waals surface area (Å²) in [5.41, 5.74) is 5.81. The van der Waals surface area contributed by atoms with Crippen molar-refractivity contribution in [3.8, 4) is 0 Å². The van der Waals surface area contributed by atoms with E-state index < -0.39 is 54.0 Å². The van der Waals surface area contributed by atoms with Gasteiger partial charge in [0.2, 0.25) is 17.7 Å². The third kappa shape index (κ3) is 6.64. The van der Waals surface area contributed by atoms with Gasteiger partial charge in [-0.05, 0) is 45.1 Å². The number of amides is 3. The van der Waals surface area contributed by atoms with E-state index in [-0.39, 0.29) is 6.54 Å². The first-order chi connectivity index (χ1) is 13.1. The van der Waals surface area contributed by atoms with Crippen molar-refractivity contribution in [3.05, 3.63) is 0 Å². The summed E-state index contributed by atoms with van der Waals surface area (Å²) in [5.74, 6) is -2.22. The molecule has 1 fully saturated rings. The summed E-state index contributed by atoms with van der Waals surface area (Å²) in [6.07, 6.45) is 2.05. The molecule has 1 rings (SSSR count). The Labute approximate surface area is 168 Å². The van der Waals surface area contributed by atoms with Gasteiger partial charge in [0.25, 0.3) is 0 Å². The number of hydrogen-bond donors (Lipinski definition) is 5. The number of nitrogens with two attached hydrogens (primary N) is 1. The van der Waals surface area contributed by atoms with Crippen LogP contribution in [0.25, 0.3) is 0 Å². The Kier molecular flexibility index (Phi) is 9.70. The Bertz CT molecular complexity index is 588. The normalized spacial score (nSPS) is 20.8. The third-order valence-electron chi connectivity index (χ3n) is 4.58. The minimum atomic E-state index is -1.24. The molecule has 0 bridgehead atoms. The minimum Gasteiger partial charge on any atom is -0.480 e. The van der Waals surface area contributed by atoms with Crippen LogP contribution in [0.2, 0.25) is 0 Å². The molecule has 0 aromatic rings. The van der Waals surface area contributed by atoms with Gasteiger partial charge in [-0.25, -0.2) is 0 Å². The van der Waals surface area contributed by atoms with Crippen LogP contribution >= 0.6 is 11.8 Å². The van der Waals surface area contributed by atoms with Crippen LogP contribution in [0.15, 0.2) is 0 Å². The number of carbonyl (C=O) groups is 4. The van der Waals surface area contributed by atoms with Crippen molar-refractivity contribution >= 4 is 35.5 Å². The molecule has 1 aliphatic heterocycles. The van der Waals surface area contributed by atoms with Crippen LogP contribution in [0.4, 0.5) is 0 Å². The van der Waals surface area contributed by atoms with Gasteiger partial charge in [-0.15, -0.1) is 0 Å². The SMILES string of the molecule is CSCCC(N)C(=O)NC(C(=O)N1CCCC1C(=O)NC(C)C(=O)O)C(C)O. The average Bonchev–Trinajstić information content (AvgIpc) is 3.12. The van der Waals surface area contributed by atoms with E-state index in [0.29, 0.717) is 25.0 Å². The number of hydrogen-bond acceptors (Lipinski definition) is 7. The first-order valence-corrected chi connectivity index (χ1v) is 10.6. The summed E-state index contributed by atoms with van der Waals surface area (Å²) >= 11 is 1.54. The molecule has 1 aliphatic rings. The smallest absolute Gasteiger partial charge is 0.325 e. The fourth-order valence-corrected chi connectivity index (χ4v) is 3.37. The Hall–Kier alpha value is -1.85. The maximum absolute atomic E-state index is 12.9. The third-order valence-corrected chi connectivity index (χ3v) is 5.23. The topological polar surface area (TPSA) is 162 Å². The van der Waals surface area contributed by atoms with Crippen LogP contribution < -0.4 is 16.4 Å². The van der Waals surface area contributed by atoms with Crippen molar-refractivity contribution in [2.75, 3.05) is 18.6 Å². The molecule has 1 heterocycles. The molecule has 11 heteroatoms. The molecule has 3 amide bonds. The predicted molar refractivity (Wildman–Crippen MR) is 105 cm³/mol. The second-order valence-electron chi connectivity index (χ2n) is 6.87. The molecule has 28 heavy (non-hydrogen) atoms. The van der Waals surface area contributed by atoms with Gasteiger partial charge >= 0.3 is 5.97 Å². The molecular weight excluding hydrogens is 388 g/mol. The number of carbonyl (C=O) groups excluding carboxylic acids is 3. The van der Waals surface area contributed by atoms with Gasteiger partial charge in [0.1, 0.15) is 18.1 Å². The molecular formula is C17H30N4O6S.